The molecular formula is C13H11F2N3O3. The number of halogens is 2. The molecule has 6 nitrogen and oxygen atoms in total. The molecule has 110 valence electrons. The lowest BCUT2D eigenvalue weighted by Gasteiger charge is -2.16. The maximum absolute atomic E-state index is 12.7. The largest absolute Gasteiger partial charge is 0.859 e. The fraction of sp³-hybridized carbons (Fsp3) is 0.231. The van der Waals surface area contributed by atoms with Crippen LogP contribution in [0.1, 0.15) is 17.3 Å². The second-order valence-corrected chi connectivity index (χ2v) is 4.09. The number of hydrogen-bond acceptors (Lipinski definition) is 4. The number of pyridine rings is 1. The van der Waals surface area contributed by atoms with E-state index in [1.54, 1.807) is 18.2 Å². The fourth-order valence-corrected chi connectivity index (χ4v) is 1.85. The Balaban J connectivity index is 2.81. The second-order valence-electron chi connectivity index (χ2n) is 4.09. The molecule has 0 spiro atoms. The summed E-state index contributed by atoms with van der Waals surface area (Å²) in [6.45, 7) is 1.42. The van der Waals surface area contributed by atoms with Crippen molar-refractivity contribution in [3.8, 4) is 11.7 Å². The molecule has 0 aromatic carbocycles. The summed E-state index contributed by atoms with van der Waals surface area (Å²) in [6, 6.07) is 4.75. The van der Waals surface area contributed by atoms with Gasteiger partial charge in [-0.25, -0.2) is 18.1 Å². The number of Topliss-reactive ketones (excluding diaryl/α,β-unsaturated/α-hetero) is 1. The van der Waals surface area contributed by atoms with Crippen LogP contribution in [-0.2, 0) is 6.54 Å². The Bertz CT molecular complexity index is 729. The first-order valence-electron chi connectivity index (χ1n) is 6.08. The number of nitrogens with zero attached hydrogens (tertiary/aromatic N) is 3. The Morgan fingerprint density at radius 3 is 2.52 bits per heavy atom. The third-order valence-corrected chi connectivity index (χ3v) is 2.84. The van der Waals surface area contributed by atoms with Crippen LogP contribution in [0.5, 0.6) is 5.88 Å². The maximum atomic E-state index is 12.7. The summed E-state index contributed by atoms with van der Waals surface area (Å²) >= 11 is 0. The van der Waals surface area contributed by atoms with Crippen LogP contribution >= 0.6 is 0 Å². The zero-order chi connectivity index (χ0) is 15.6. The first-order chi connectivity index (χ1) is 9.97. The number of rotatable bonds is 4. The predicted molar refractivity (Wildman–Crippen MR) is 65.5 cm³/mol. The minimum Gasteiger partial charge on any atom is -0.859 e. The van der Waals surface area contributed by atoms with Gasteiger partial charge in [-0.3, -0.25) is 9.36 Å². The van der Waals surface area contributed by atoms with Crippen LogP contribution in [0.4, 0.5) is 8.78 Å². The average Bonchev–Trinajstić information content (AvgIpc) is 2.47. The van der Waals surface area contributed by atoms with Gasteiger partial charge in [0.05, 0.1) is 12.4 Å². The van der Waals surface area contributed by atoms with Gasteiger partial charge in [0.1, 0.15) is 5.56 Å². The van der Waals surface area contributed by atoms with Crippen molar-refractivity contribution >= 4 is 5.78 Å². The van der Waals surface area contributed by atoms with Gasteiger partial charge in [0.15, 0.2) is 0 Å². The van der Waals surface area contributed by atoms with E-state index in [0.717, 1.165) is 0 Å². The van der Waals surface area contributed by atoms with Crippen molar-refractivity contribution in [2.45, 2.75) is 19.9 Å². The van der Waals surface area contributed by atoms with E-state index in [2.05, 4.69) is 4.98 Å². The van der Waals surface area contributed by atoms with Crippen LogP contribution in [0, 0.1) is 0 Å². The van der Waals surface area contributed by atoms with E-state index in [0.29, 0.717) is 4.57 Å². The van der Waals surface area contributed by atoms with Crippen LogP contribution in [-0.4, -0.2) is 21.8 Å². The van der Waals surface area contributed by atoms with Crippen molar-refractivity contribution < 1.29 is 23.2 Å². The van der Waals surface area contributed by atoms with Crippen LogP contribution in [0.3, 0.4) is 0 Å². The molecule has 2 heterocycles. The minimum atomic E-state index is -3.36. The average molecular weight is 295 g/mol. The van der Waals surface area contributed by atoms with Gasteiger partial charge < -0.3 is 5.11 Å². The lowest BCUT2D eigenvalue weighted by atomic mass is 10.2. The highest BCUT2D eigenvalue weighted by Gasteiger charge is 2.30. The van der Waals surface area contributed by atoms with Crippen LogP contribution < -0.4 is 15.4 Å². The molecule has 0 amide bonds. The van der Waals surface area contributed by atoms with Gasteiger partial charge in [-0.05, 0) is 24.9 Å². The summed E-state index contributed by atoms with van der Waals surface area (Å²) in [5.74, 6) is -3.10. The summed E-state index contributed by atoms with van der Waals surface area (Å²) in [5.41, 5.74) is -1.68. The summed E-state index contributed by atoms with van der Waals surface area (Å²) in [4.78, 5) is 27.0. The standard InChI is InChI=1S/C13H11F2N3O3/c1-2-18-12(20)8(9(19)10(14)15)11(16-13(18)21)17-6-4-3-5-7-17/h3-7,10H,2H2,1H3. The van der Waals surface area contributed by atoms with Gasteiger partial charge >= 0.3 is 17.9 Å². The van der Waals surface area contributed by atoms with E-state index in [4.69, 9.17) is 0 Å². The normalized spacial score (nSPS) is 10.9. The minimum absolute atomic E-state index is 0.0616. The second kappa shape index (κ2) is 5.78. The van der Waals surface area contributed by atoms with Gasteiger partial charge in [0.2, 0.25) is 5.78 Å². The first kappa shape index (κ1) is 14.8. The maximum Gasteiger partial charge on any atom is 0.456 e. The summed E-state index contributed by atoms with van der Waals surface area (Å²) in [7, 11) is 0. The van der Waals surface area contributed by atoms with Crippen molar-refractivity contribution in [2.24, 2.45) is 0 Å². The van der Waals surface area contributed by atoms with E-state index in [9.17, 15) is 23.5 Å². The van der Waals surface area contributed by atoms with Gasteiger partial charge in [0.25, 0.3) is 0 Å². The fourth-order valence-electron chi connectivity index (χ4n) is 1.85. The van der Waals surface area contributed by atoms with Gasteiger partial charge in [-0.2, -0.15) is 0 Å². The zero-order valence-corrected chi connectivity index (χ0v) is 11.0. The molecule has 0 aliphatic carbocycles. The third kappa shape index (κ3) is 2.64. The molecule has 0 unspecified atom stereocenters. The molecule has 0 aliphatic heterocycles. The first-order valence-corrected chi connectivity index (χ1v) is 6.08. The van der Waals surface area contributed by atoms with Crippen molar-refractivity contribution in [1.82, 2.24) is 9.55 Å². The quantitative estimate of drug-likeness (QED) is 0.590. The number of ketones is 1. The molecule has 0 bridgehead atoms. The molecule has 8 heteroatoms. The number of carbonyl (C=O) groups excluding carboxylic acids is 1. The predicted octanol–water partition coefficient (Wildman–Crippen LogP) is 0.0613. The van der Waals surface area contributed by atoms with E-state index in [1.807, 2.05) is 0 Å². The molecular weight excluding hydrogens is 284 g/mol. The lowest BCUT2D eigenvalue weighted by Crippen LogP contribution is -2.40. The van der Waals surface area contributed by atoms with Gasteiger partial charge in [-0.15, -0.1) is 0 Å². The lowest BCUT2D eigenvalue weighted by molar-refractivity contribution is -0.600. The Labute approximate surface area is 117 Å². The van der Waals surface area contributed by atoms with Gasteiger partial charge in [-0.1, -0.05) is 6.07 Å². The smallest absolute Gasteiger partial charge is 0.456 e. The number of hydrogen-bond donors (Lipinski definition) is 0. The van der Waals surface area contributed by atoms with Crippen molar-refractivity contribution in [2.75, 3.05) is 0 Å². The molecule has 2 rings (SSSR count). The van der Waals surface area contributed by atoms with E-state index in [-0.39, 0.29) is 12.4 Å². The third-order valence-electron chi connectivity index (χ3n) is 2.84. The molecule has 0 atom stereocenters. The molecule has 2 aromatic heterocycles. The van der Waals surface area contributed by atoms with E-state index < -0.39 is 29.3 Å². The van der Waals surface area contributed by atoms with E-state index in [1.165, 1.54) is 23.9 Å². The summed E-state index contributed by atoms with van der Waals surface area (Å²) in [5, 5.41) is 12.1. The SMILES string of the molecule is CCn1c([O-])c(C(=O)C(F)F)c(-[n+]2ccccc2)nc1=O. The van der Waals surface area contributed by atoms with Crippen molar-refractivity contribution in [3.05, 3.63) is 46.6 Å². The zero-order valence-electron chi connectivity index (χ0n) is 11.0. The Hall–Kier alpha value is -2.64. The summed E-state index contributed by atoms with van der Waals surface area (Å²) < 4.78 is 27.2. The molecule has 21 heavy (non-hydrogen) atoms. The topological polar surface area (TPSA) is 78.9 Å². The molecule has 0 radical (unpaired) electrons. The highest BCUT2D eigenvalue weighted by molar-refractivity contribution is 6.02. The van der Waals surface area contributed by atoms with E-state index >= 15 is 0 Å². The van der Waals surface area contributed by atoms with Gasteiger partial charge in [0, 0.05) is 11.5 Å². The van der Waals surface area contributed by atoms with Crippen LogP contribution in [0.25, 0.3) is 5.82 Å². The highest BCUT2D eigenvalue weighted by Crippen LogP contribution is 2.19. The molecule has 0 N–H and O–H groups in total. The molecule has 0 aliphatic rings. The molecule has 0 saturated heterocycles. The number of alkyl halides is 2. The highest BCUT2D eigenvalue weighted by atomic mass is 19.3. The Morgan fingerprint density at radius 2 is 2.00 bits per heavy atom. The molecule has 0 saturated carbocycles. The molecule has 2 aromatic rings. The monoisotopic (exact) mass is 295 g/mol. The Morgan fingerprint density at radius 1 is 1.38 bits per heavy atom. The Kier molecular flexibility index (Phi) is 4.06. The number of aromatic nitrogens is 3. The van der Waals surface area contributed by atoms with Crippen LogP contribution in [0.2, 0.25) is 0 Å². The number of carbonyl (C=O) groups is 1. The molecule has 0 fully saturated rings. The van der Waals surface area contributed by atoms with Crippen molar-refractivity contribution in [1.29, 1.82) is 0 Å². The summed E-state index contributed by atoms with van der Waals surface area (Å²) in [6.07, 6.45) is -0.551. The van der Waals surface area contributed by atoms with Crippen LogP contribution in [0.15, 0.2) is 35.4 Å². The van der Waals surface area contributed by atoms with Crippen molar-refractivity contribution in [3.63, 3.8) is 0 Å².